The highest BCUT2D eigenvalue weighted by Gasteiger charge is 2.30. The third kappa shape index (κ3) is 3.06. The van der Waals surface area contributed by atoms with Gasteiger partial charge in [-0.3, -0.25) is 4.79 Å². The van der Waals surface area contributed by atoms with Crippen molar-refractivity contribution in [3.63, 3.8) is 0 Å². The standard InChI is InChI=1S/C17H21ClFN5O/c18-11-2-3-15-14(8-11)21-17(23-7-4-12(19)13(20)9-23)24(15)10-16(25)22-5-1-6-22/h2-3,8,12-13H,1,4-7,9-10,20H2/t12-,13-/m1/s1. The molecule has 0 unspecified atom stereocenters. The number of carbonyl (C=O) groups excluding carboxylic acids is 1. The van der Waals surface area contributed by atoms with Gasteiger partial charge in [0.05, 0.1) is 17.1 Å². The molecule has 134 valence electrons. The lowest BCUT2D eigenvalue weighted by Gasteiger charge is -2.35. The van der Waals surface area contributed by atoms with Gasteiger partial charge in [0.1, 0.15) is 12.7 Å². The zero-order chi connectivity index (χ0) is 17.6. The van der Waals surface area contributed by atoms with E-state index < -0.39 is 12.2 Å². The molecule has 6 nitrogen and oxygen atoms in total. The second-order valence-corrected chi connectivity index (χ2v) is 7.22. The molecule has 0 spiro atoms. The predicted molar refractivity (Wildman–Crippen MR) is 95.6 cm³/mol. The van der Waals surface area contributed by atoms with Crippen LogP contribution in [0.2, 0.25) is 5.02 Å². The number of amides is 1. The first kappa shape index (κ1) is 16.6. The Hall–Kier alpha value is -1.86. The molecule has 0 bridgehead atoms. The Labute approximate surface area is 150 Å². The van der Waals surface area contributed by atoms with Crippen LogP contribution in [-0.2, 0) is 11.3 Å². The Bertz CT molecular complexity index is 806. The van der Waals surface area contributed by atoms with E-state index in [4.69, 9.17) is 17.3 Å². The summed E-state index contributed by atoms with van der Waals surface area (Å²) in [6.07, 6.45) is 0.425. The summed E-state index contributed by atoms with van der Waals surface area (Å²) in [5, 5.41) is 0.594. The van der Waals surface area contributed by atoms with E-state index >= 15 is 0 Å². The van der Waals surface area contributed by atoms with Gasteiger partial charge in [-0.15, -0.1) is 0 Å². The van der Waals surface area contributed by atoms with Crippen molar-refractivity contribution in [1.82, 2.24) is 14.5 Å². The van der Waals surface area contributed by atoms with E-state index in [1.54, 1.807) is 12.1 Å². The van der Waals surface area contributed by atoms with Crippen LogP contribution in [-0.4, -0.2) is 58.8 Å². The lowest BCUT2D eigenvalue weighted by molar-refractivity contribution is -0.135. The number of imidazole rings is 1. The summed E-state index contributed by atoms with van der Waals surface area (Å²) >= 11 is 6.09. The summed E-state index contributed by atoms with van der Waals surface area (Å²) < 4.78 is 15.6. The minimum absolute atomic E-state index is 0.0754. The van der Waals surface area contributed by atoms with Gasteiger partial charge in [0.15, 0.2) is 0 Å². The van der Waals surface area contributed by atoms with Gasteiger partial charge in [0.25, 0.3) is 0 Å². The number of likely N-dealkylation sites (tertiary alicyclic amines) is 1. The maximum Gasteiger partial charge on any atom is 0.242 e. The topological polar surface area (TPSA) is 67.4 Å². The van der Waals surface area contributed by atoms with Crippen LogP contribution in [0.15, 0.2) is 18.2 Å². The summed E-state index contributed by atoms with van der Waals surface area (Å²) in [7, 11) is 0. The fourth-order valence-corrected chi connectivity index (χ4v) is 3.59. The van der Waals surface area contributed by atoms with Gasteiger partial charge >= 0.3 is 0 Å². The molecule has 8 heteroatoms. The number of carbonyl (C=O) groups is 1. The Morgan fingerprint density at radius 3 is 2.84 bits per heavy atom. The molecule has 1 aromatic carbocycles. The largest absolute Gasteiger partial charge is 0.341 e. The number of fused-ring (bicyclic) bond motifs is 1. The highest BCUT2D eigenvalue weighted by Crippen LogP contribution is 2.28. The van der Waals surface area contributed by atoms with Gasteiger partial charge in [0, 0.05) is 31.2 Å². The number of benzene rings is 1. The van der Waals surface area contributed by atoms with Crippen LogP contribution in [0.3, 0.4) is 0 Å². The highest BCUT2D eigenvalue weighted by atomic mass is 35.5. The van der Waals surface area contributed by atoms with E-state index in [0.717, 1.165) is 30.5 Å². The molecule has 0 radical (unpaired) electrons. The molecule has 25 heavy (non-hydrogen) atoms. The fourth-order valence-electron chi connectivity index (χ4n) is 3.42. The Morgan fingerprint density at radius 2 is 2.16 bits per heavy atom. The minimum Gasteiger partial charge on any atom is -0.341 e. The van der Waals surface area contributed by atoms with E-state index in [1.807, 2.05) is 20.4 Å². The quantitative estimate of drug-likeness (QED) is 0.900. The van der Waals surface area contributed by atoms with Crippen molar-refractivity contribution in [2.75, 3.05) is 31.1 Å². The number of anilines is 1. The van der Waals surface area contributed by atoms with Crippen LogP contribution >= 0.6 is 11.6 Å². The maximum absolute atomic E-state index is 13.7. The Kier molecular flexibility index (Phi) is 4.29. The number of hydrogen-bond donors (Lipinski definition) is 1. The van der Waals surface area contributed by atoms with Crippen molar-refractivity contribution in [3.05, 3.63) is 23.2 Å². The van der Waals surface area contributed by atoms with Gasteiger partial charge in [-0.2, -0.15) is 0 Å². The Balaban J connectivity index is 1.71. The number of nitrogens with two attached hydrogens (primary N) is 1. The lowest BCUT2D eigenvalue weighted by atomic mass is 10.1. The number of hydrogen-bond acceptors (Lipinski definition) is 4. The Morgan fingerprint density at radius 1 is 1.36 bits per heavy atom. The van der Waals surface area contributed by atoms with Crippen molar-refractivity contribution in [3.8, 4) is 0 Å². The molecular formula is C17H21ClFN5O. The number of aromatic nitrogens is 2. The molecular weight excluding hydrogens is 345 g/mol. The van der Waals surface area contributed by atoms with E-state index in [2.05, 4.69) is 4.98 Å². The van der Waals surface area contributed by atoms with E-state index in [9.17, 15) is 9.18 Å². The maximum atomic E-state index is 13.7. The van der Waals surface area contributed by atoms with Gasteiger partial charge in [-0.05, 0) is 31.0 Å². The molecule has 1 aromatic heterocycles. The van der Waals surface area contributed by atoms with Crippen LogP contribution in [0.4, 0.5) is 10.3 Å². The van der Waals surface area contributed by atoms with E-state index in [1.165, 1.54) is 0 Å². The van der Waals surface area contributed by atoms with Gasteiger partial charge < -0.3 is 20.1 Å². The second-order valence-electron chi connectivity index (χ2n) is 6.78. The van der Waals surface area contributed by atoms with Crippen molar-refractivity contribution < 1.29 is 9.18 Å². The van der Waals surface area contributed by atoms with Crippen molar-refractivity contribution in [2.45, 2.75) is 31.6 Å². The molecule has 0 aliphatic carbocycles. The number of nitrogens with zero attached hydrogens (tertiary/aromatic N) is 4. The average Bonchev–Trinajstić information content (AvgIpc) is 2.86. The summed E-state index contributed by atoms with van der Waals surface area (Å²) in [4.78, 5) is 21.0. The third-order valence-corrected chi connectivity index (χ3v) is 5.28. The second kappa shape index (κ2) is 6.46. The zero-order valence-corrected chi connectivity index (χ0v) is 14.6. The molecule has 2 fully saturated rings. The van der Waals surface area contributed by atoms with Crippen LogP contribution in [0, 0.1) is 0 Å². The average molecular weight is 366 g/mol. The summed E-state index contributed by atoms with van der Waals surface area (Å²) in [6, 6.07) is 4.91. The first-order valence-electron chi connectivity index (χ1n) is 8.61. The number of alkyl halides is 1. The summed E-state index contributed by atoms with van der Waals surface area (Å²) in [5.74, 6) is 0.736. The molecule has 2 aliphatic rings. The molecule has 2 aromatic rings. The van der Waals surface area contributed by atoms with Gasteiger partial charge in [-0.1, -0.05) is 11.6 Å². The first-order chi connectivity index (χ1) is 12.0. The molecule has 2 aliphatic heterocycles. The lowest BCUT2D eigenvalue weighted by Crippen LogP contribution is -2.50. The van der Waals surface area contributed by atoms with Crippen LogP contribution in [0.25, 0.3) is 11.0 Å². The van der Waals surface area contributed by atoms with Crippen LogP contribution in [0.1, 0.15) is 12.8 Å². The van der Waals surface area contributed by atoms with E-state index in [-0.39, 0.29) is 12.5 Å². The van der Waals surface area contributed by atoms with Gasteiger partial charge in [0.2, 0.25) is 11.9 Å². The molecule has 2 atom stereocenters. The van der Waals surface area contributed by atoms with Crippen molar-refractivity contribution in [1.29, 1.82) is 0 Å². The van der Waals surface area contributed by atoms with Crippen molar-refractivity contribution in [2.24, 2.45) is 5.73 Å². The zero-order valence-electron chi connectivity index (χ0n) is 13.9. The van der Waals surface area contributed by atoms with Crippen LogP contribution < -0.4 is 10.6 Å². The molecule has 2 saturated heterocycles. The predicted octanol–water partition coefficient (Wildman–Crippen LogP) is 1.80. The third-order valence-electron chi connectivity index (χ3n) is 5.05. The number of piperidine rings is 1. The molecule has 4 rings (SSSR count). The van der Waals surface area contributed by atoms with Crippen molar-refractivity contribution >= 4 is 34.5 Å². The number of rotatable bonds is 3. The number of halogens is 2. The summed E-state index contributed by atoms with van der Waals surface area (Å²) in [5.41, 5.74) is 7.49. The SMILES string of the molecule is N[C@@H]1CN(c2nc3cc(Cl)ccc3n2CC(=O)N2CCC2)CC[C@H]1F. The monoisotopic (exact) mass is 365 g/mol. The van der Waals surface area contributed by atoms with Crippen LogP contribution in [0.5, 0.6) is 0 Å². The first-order valence-corrected chi connectivity index (χ1v) is 8.99. The molecule has 2 N–H and O–H groups in total. The van der Waals surface area contributed by atoms with E-state index in [0.29, 0.717) is 30.5 Å². The smallest absolute Gasteiger partial charge is 0.242 e. The minimum atomic E-state index is -0.994. The summed E-state index contributed by atoms with van der Waals surface area (Å²) in [6.45, 7) is 2.76. The fraction of sp³-hybridized carbons (Fsp3) is 0.529. The normalized spacial score (nSPS) is 23.8. The molecule has 1 amide bonds. The highest BCUT2D eigenvalue weighted by molar-refractivity contribution is 6.31. The molecule has 0 saturated carbocycles. The van der Waals surface area contributed by atoms with Gasteiger partial charge in [-0.25, -0.2) is 9.37 Å². The molecule has 3 heterocycles.